The van der Waals surface area contributed by atoms with Gasteiger partial charge in [0.05, 0.1) is 7.11 Å². The summed E-state index contributed by atoms with van der Waals surface area (Å²) in [4.78, 5) is 0. The van der Waals surface area contributed by atoms with Gasteiger partial charge >= 0.3 is 0 Å². The minimum Gasteiger partial charge on any atom is -0.497 e. The predicted molar refractivity (Wildman–Crippen MR) is 68.8 cm³/mol. The summed E-state index contributed by atoms with van der Waals surface area (Å²) in [7, 11) is 3.10. The van der Waals surface area contributed by atoms with Crippen molar-refractivity contribution in [1.82, 2.24) is 5.32 Å². The van der Waals surface area contributed by atoms with Crippen molar-refractivity contribution in [2.45, 2.75) is 33.2 Å². The minimum atomic E-state index is -0.574. The summed E-state index contributed by atoms with van der Waals surface area (Å²) in [6, 6.07) is 2.08. The van der Waals surface area contributed by atoms with E-state index in [1.165, 1.54) is 19.2 Å². The molecule has 0 saturated carbocycles. The first kappa shape index (κ1) is 14.9. The van der Waals surface area contributed by atoms with Gasteiger partial charge in [-0.25, -0.2) is 8.78 Å². The van der Waals surface area contributed by atoms with Crippen molar-refractivity contribution in [1.29, 1.82) is 0 Å². The van der Waals surface area contributed by atoms with Crippen LogP contribution in [0.5, 0.6) is 5.75 Å². The third-order valence-electron chi connectivity index (χ3n) is 2.80. The first-order valence-corrected chi connectivity index (χ1v) is 5.98. The summed E-state index contributed by atoms with van der Waals surface area (Å²) < 4.78 is 32.7. The quantitative estimate of drug-likeness (QED) is 0.888. The highest BCUT2D eigenvalue weighted by Crippen LogP contribution is 2.33. The van der Waals surface area contributed by atoms with Crippen LogP contribution in [0, 0.1) is 17.0 Å². The Bertz CT molecular complexity index is 390. The van der Waals surface area contributed by atoms with Gasteiger partial charge in [-0.3, -0.25) is 0 Å². The van der Waals surface area contributed by atoms with Crippen molar-refractivity contribution in [2.75, 3.05) is 14.2 Å². The zero-order valence-electron chi connectivity index (χ0n) is 11.6. The van der Waals surface area contributed by atoms with E-state index in [1.807, 2.05) is 20.8 Å². The molecule has 0 aliphatic rings. The van der Waals surface area contributed by atoms with Crippen LogP contribution in [0.25, 0.3) is 0 Å². The zero-order valence-corrected chi connectivity index (χ0v) is 11.6. The molecule has 1 unspecified atom stereocenters. The van der Waals surface area contributed by atoms with E-state index in [2.05, 4.69) is 5.32 Å². The maximum Gasteiger partial charge on any atom is 0.134 e. The Kier molecular flexibility index (Phi) is 4.68. The molecule has 0 saturated heterocycles. The number of benzene rings is 1. The summed E-state index contributed by atoms with van der Waals surface area (Å²) >= 11 is 0. The summed E-state index contributed by atoms with van der Waals surface area (Å²) in [6.45, 7) is 6.12. The van der Waals surface area contributed by atoms with Crippen molar-refractivity contribution in [3.8, 4) is 5.75 Å². The topological polar surface area (TPSA) is 21.3 Å². The molecule has 0 aliphatic heterocycles. The molecule has 102 valence electrons. The molecule has 0 bridgehead atoms. The zero-order chi connectivity index (χ0) is 13.9. The Balaban J connectivity index is 3.14. The average molecular weight is 257 g/mol. The number of hydrogen-bond acceptors (Lipinski definition) is 2. The van der Waals surface area contributed by atoms with Gasteiger partial charge in [0.1, 0.15) is 17.4 Å². The van der Waals surface area contributed by atoms with E-state index in [9.17, 15) is 8.78 Å². The van der Waals surface area contributed by atoms with Gasteiger partial charge in [0, 0.05) is 23.7 Å². The van der Waals surface area contributed by atoms with Gasteiger partial charge in [0.25, 0.3) is 0 Å². The van der Waals surface area contributed by atoms with Gasteiger partial charge in [0.2, 0.25) is 0 Å². The molecule has 0 fully saturated rings. The van der Waals surface area contributed by atoms with Crippen LogP contribution in [0.4, 0.5) is 8.78 Å². The lowest BCUT2D eigenvalue weighted by Crippen LogP contribution is -2.24. The molecule has 0 heterocycles. The molecule has 1 N–H and O–H groups in total. The second-order valence-corrected chi connectivity index (χ2v) is 5.61. The van der Waals surface area contributed by atoms with Gasteiger partial charge in [-0.15, -0.1) is 0 Å². The van der Waals surface area contributed by atoms with Crippen molar-refractivity contribution < 1.29 is 13.5 Å². The van der Waals surface area contributed by atoms with Crippen LogP contribution in [0.1, 0.15) is 38.8 Å². The molecule has 0 aromatic heterocycles. The summed E-state index contributed by atoms with van der Waals surface area (Å²) in [6.07, 6.45) is 0.643. The number of rotatable bonds is 4. The van der Waals surface area contributed by atoms with E-state index in [1.54, 1.807) is 7.05 Å². The van der Waals surface area contributed by atoms with Crippen LogP contribution in [0.15, 0.2) is 12.1 Å². The monoisotopic (exact) mass is 257 g/mol. The van der Waals surface area contributed by atoms with E-state index in [0.29, 0.717) is 6.42 Å². The first-order valence-electron chi connectivity index (χ1n) is 5.98. The van der Waals surface area contributed by atoms with Gasteiger partial charge in [0.15, 0.2) is 0 Å². The Morgan fingerprint density at radius 3 is 2.06 bits per heavy atom. The number of ether oxygens (including phenoxy) is 1. The molecule has 0 radical (unpaired) electrons. The molecule has 0 amide bonds. The fraction of sp³-hybridized carbons (Fsp3) is 0.571. The van der Waals surface area contributed by atoms with Crippen molar-refractivity contribution >= 4 is 0 Å². The molecular formula is C14H21F2NO. The molecular weight excluding hydrogens is 236 g/mol. The number of halogens is 2. The number of nitrogens with one attached hydrogen (secondary N) is 1. The maximum absolute atomic E-state index is 14.0. The summed E-state index contributed by atoms with van der Waals surface area (Å²) in [5.41, 5.74) is 0.0557. The summed E-state index contributed by atoms with van der Waals surface area (Å²) in [5, 5.41) is 2.97. The Morgan fingerprint density at radius 1 is 1.22 bits per heavy atom. The second kappa shape index (κ2) is 5.65. The lowest BCUT2D eigenvalue weighted by atomic mass is 9.85. The average Bonchev–Trinajstić information content (AvgIpc) is 2.24. The first-order chi connectivity index (χ1) is 8.28. The van der Waals surface area contributed by atoms with Crippen molar-refractivity contribution in [3.05, 3.63) is 29.3 Å². The third-order valence-corrected chi connectivity index (χ3v) is 2.80. The van der Waals surface area contributed by atoms with Crippen LogP contribution in [0.3, 0.4) is 0 Å². The van der Waals surface area contributed by atoms with Gasteiger partial charge in [-0.1, -0.05) is 20.8 Å². The Labute approximate surface area is 107 Å². The van der Waals surface area contributed by atoms with Crippen molar-refractivity contribution in [2.24, 2.45) is 5.41 Å². The van der Waals surface area contributed by atoms with Gasteiger partial charge in [-0.05, 0) is 18.9 Å². The second-order valence-electron chi connectivity index (χ2n) is 5.61. The molecule has 2 nitrogen and oxygen atoms in total. The minimum absolute atomic E-state index is 0.0213. The highest BCUT2D eigenvalue weighted by atomic mass is 19.1. The fourth-order valence-corrected chi connectivity index (χ4v) is 1.97. The number of methoxy groups -OCH3 is 1. The van der Waals surface area contributed by atoms with E-state index < -0.39 is 11.6 Å². The van der Waals surface area contributed by atoms with Gasteiger partial charge < -0.3 is 10.1 Å². The molecule has 1 aromatic carbocycles. The normalized spacial score (nSPS) is 13.5. The van der Waals surface area contributed by atoms with Crippen LogP contribution in [-0.2, 0) is 0 Å². The summed E-state index contributed by atoms with van der Waals surface area (Å²) in [5.74, 6) is -0.953. The largest absolute Gasteiger partial charge is 0.497 e. The molecule has 0 spiro atoms. The van der Waals surface area contributed by atoms with Crippen LogP contribution >= 0.6 is 0 Å². The number of hydrogen-bond donors (Lipinski definition) is 1. The molecule has 1 aromatic rings. The highest BCUT2D eigenvalue weighted by molar-refractivity contribution is 5.32. The van der Waals surface area contributed by atoms with E-state index >= 15 is 0 Å². The maximum atomic E-state index is 14.0. The third kappa shape index (κ3) is 3.67. The van der Waals surface area contributed by atoms with E-state index in [4.69, 9.17) is 4.74 Å². The Morgan fingerprint density at radius 2 is 1.72 bits per heavy atom. The predicted octanol–water partition coefficient (Wildman–Crippen LogP) is 3.67. The van der Waals surface area contributed by atoms with Crippen LogP contribution in [0.2, 0.25) is 0 Å². The van der Waals surface area contributed by atoms with Gasteiger partial charge in [-0.2, -0.15) is 0 Å². The molecule has 1 atom stereocenters. The highest BCUT2D eigenvalue weighted by Gasteiger charge is 2.25. The SMILES string of the molecule is CNC(CC(C)(C)C)c1c(F)cc(OC)cc1F. The lowest BCUT2D eigenvalue weighted by molar-refractivity contribution is 0.309. The van der Waals surface area contributed by atoms with Crippen LogP contribution < -0.4 is 10.1 Å². The molecule has 1 rings (SSSR count). The lowest BCUT2D eigenvalue weighted by Gasteiger charge is -2.26. The van der Waals surface area contributed by atoms with E-state index in [0.717, 1.165) is 0 Å². The molecule has 4 heteroatoms. The van der Waals surface area contributed by atoms with Crippen LogP contribution in [-0.4, -0.2) is 14.2 Å². The Hall–Kier alpha value is -1.16. The van der Waals surface area contributed by atoms with E-state index in [-0.39, 0.29) is 22.8 Å². The smallest absolute Gasteiger partial charge is 0.134 e. The molecule has 18 heavy (non-hydrogen) atoms. The van der Waals surface area contributed by atoms with Crippen molar-refractivity contribution in [3.63, 3.8) is 0 Å². The molecule has 0 aliphatic carbocycles. The standard InChI is InChI=1S/C14H21F2NO/c1-14(2,3)8-12(17-4)13-10(15)6-9(18-5)7-11(13)16/h6-7,12,17H,8H2,1-5H3. The fourth-order valence-electron chi connectivity index (χ4n) is 1.97.